The highest BCUT2D eigenvalue weighted by molar-refractivity contribution is 6.33. The lowest BCUT2D eigenvalue weighted by atomic mass is 9.97. The first kappa shape index (κ1) is 16.1. The fourth-order valence-electron chi connectivity index (χ4n) is 2.97. The van der Waals surface area contributed by atoms with Gasteiger partial charge in [0.1, 0.15) is 5.76 Å². The number of hydrogen-bond acceptors (Lipinski definition) is 3. The average Bonchev–Trinajstić information content (AvgIpc) is 3.05. The molecule has 0 spiro atoms. The summed E-state index contributed by atoms with van der Waals surface area (Å²) in [5.74, 6) is 0.655. The van der Waals surface area contributed by atoms with Gasteiger partial charge in [0, 0.05) is 29.0 Å². The van der Waals surface area contributed by atoms with E-state index in [4.69, 9.17) is 27.6 Å². The SMILES string of the molecule is CC(=O)N1N=C(c2c(C)coc2C)C[C@@H]1c1cc(Cl)ccc1Cl. The molecule has 2 heterocycles. The molecule has 0 N–H and O–H groups in total. The molecule has 0 aliphatic carbocycles. The molecule has 3 rings (SSSR count). The van der Waals surface area contributed by atoms with E-state index in [-0.39, 0.29) is 11.9 Å². The van der Waals surface area contributed by atoms with Gasteiger partial charge in [-0.3, -0.25) is 4.79 Å². The van der Waals surface area contributed by atoms with Crippen LogP contribution in [0.15, 0.2) is 34.0 Å². The van der Waals surface area contributed by atoms with Crippen LogP contribution in [-0.2, 0) is 4.79 Å². The molecule has 1 aromatic carbocycles. The standard InChI is InChI=1S/C17H16Cl2N2O2/c1-9-8-23-10(2)17(9)15-7-16(21(20-15)11(3)22)13-6-12(18)4-5-14(13)19/h4-6,8,16H,7H2,1-3H3/t16-/m1/s1. The summed E-state index contributed by atoms with van der Waals surface area (Å²) < 4.78 is 5.46. The molecule has 1 atom stereocenters. The Bertz CT molecular complexity index is 791. The minimum atomic E-state index is -0.262. The van der Waals surface area contributed by atoms with Crippen LogP contribution in [-0.4, -0.2) is 16.6 Å². The second-order valence-corrected chi connectivity index (χ2v) is 6.49. The third kappa shape index (κ3) is 2.89. The van der Waals surface area contributed by atoms with Crippen molar-refractivity contribution < 1.29 is 9.21 Å². The van der Waals surface area contributed by atoms with Crippen LogP contribution in [0, 0.1) is 13.8 Å². The molecule has 23 heavy (non-hydrogen) atoms. The van der Waals surface area contributed by atoms with Gasteiger partial charge in [0.15, 0.2) is 0 Å². The highest BCUT2D eigenvalue weighted by Gasteiger charge is 2.34. The number of carbonyl (C=O) groups is 1. The molecular weight excluding hydrogens is 335 g/mol. The molecule has 4 nitrogen and oxygen atoms in total. The molecule has 0 saturated carbocycles. The number of carbonyl (C=O) groups excluding carboxylic acids is 1. The summed E-state index contributed by atoms with van der Waals surface area (Å²) in [7, 11) is 0. The summed E-state index contributed by atoms with van der Waals surface area (Å²) in [6.45, 7) is 5.35. The van der Waals surface area contributed by atoms with Crippen molar-refractivity contribution in [2.75, 3.05) is 0 Å². The number of halogens is 2. The Morgan fingerprint density at radius 3 is 2.70 bits per heavy atom. The zero-order chi connectivity index (χ0) is 16.7. The number of aryl methyl sites for hydroxylation is 2. The lowest BCUT2D eigenvalue weighted by molar-refractivity contribution is -0.130. The topological polar surface area (TPSA) is 45.8 Å². The van der Waals surface area contributed by atoms with E-state index >= 15 is 0 Å². The quantitative estimate of drug-likeness (QED) is 0.772. The van der Waals surface area contributed by atoms with E-state index in [1.165, 1.54) is 11.9 Å². The van der Waals surface area contributed by atoms with E-state index in [0.29, 0.717) is 16.5 Å². The number of benzene rings is 1. The van der Waals surface area contributed by atoms with Crippen LogP contribution >= 0.6 is 23.2 Å². The van der Waals surface area contributed by atoms with Gasteiger partial charge in [-0.05, 0) is 43.2 Å². The summed E-state index contributed by atoms with van der Waals surface area (Å²) in [4.78, 5) is 12.0. The van der Waals surface area contributed by atoms with Crippen molar-refractivity contribution in [1.29, 1.82) is 0 Å². The van der Waals surface area contributed by atoms with Gasteiger partial charge in [-0.25, -0.2) is 5.01 Å². The molecule has 0 fully saturated rings. The molecule has 1 amide bonds. The van der Waals surface area contributed by atoms with Gasteiger partial charge in [0.25, 0.3) is 0 Å². The Kier molecular flexibility index (Phi) is 4.21. The number of nitrogens with zero attached hydrogens (tertiary/aromatic N) is 2. The molecule has 0 saturated heterocycles. The first-order valence-electron chi connectivity index (χ1n) is 7.25. The molecule has 6 heteroatoms. The molecule has 1 aromatic heterocycles. The largest absolute Gasteiger partial charge is 0.469 e. The van der Waals surface area contributed by atoms with Crippen LogP contribution in [0.2, 0.25) is 10.0 Å². The van der Waals surface area contributed by atoms with Crippen LogP contribution in [0.4, 0.5) is 0 Å². The Balaban J connectivity index is 2.04. The first-order valence-corrected chi connectivity index (χ1v) is 8.01. The summed E-state index contributed by atoms with van der Waals surface area (Å²) in [5, 5.41) is 7.14. The van der Waals surface area contributed by atoms with Crippen molar-refractivity contribution in [3.05, 3.63) is 57.0 Å². The lowest BCUT2D eigenvalue weighted by Crippen LogP contribution is -2.24. The maximum absolute atomic E-state index is 12.0. The molecule has 1 aliphatic heterocycles. The molecular formula is C17H16Cl2N2O2. The number of hydrazone groups is 1. The predicted molar refractivity (Wildman–Crippen MR) is 91.1 cm³/mol. The zero-order valence-electron chi connectivity index (χ0n) is 13.1. The molecule has 1 aliphatic rings. The van der Waals surface area contributed by atoms with Gasteiger partial charge in [-0.15, -0.1) is 0 Å². The van der Waals surface area contributed by atoms with Gasteiger partial charge in [-0.2, -0.15) is 5.10 Å². The summed E-state index contributed by atoms with van der Waals surface area (Å²) in [6, 6.07) is 5.00. The number of furan rings is 1. The molecule has 0 bridgehead atoms. The molecule has 2 aromatic rings. The number of rotatable bonds is 2. The van der Waals surface area contributed by atoms with Gasteiger partial charge in [0.2, 0.25) is 5.91 Å². The van der Waals surface area contributed by atoms with Crippen LogP contribution in [0.3, 0.4) is 0 Å². The Morgan fingerprint density at radius 2 is 2.09 bits per heavy atom. The maximum Gasteiger partial charge on any atom is 0.240 e. The number of hydrogen-bond donors (Lipinski definition) is 0. The van der Waals surface area contributed by atoms with E-state index in [1.54, 1.807) is 24.5 Å². The van der Waals surface area contributed by atoms with Crippen LogP contribution in [0.1, 0.15) is 41.8 Å². The van der Waals surface area contributed by atoms with Crippen molar-refractivity contribution >= 4 is 34.8 Å². The van der Waals surface area contributed by atoms with Crippen molar-refractivity contribution in [2.45, 2.75) is 33.2 Å². The lowest BCUT2D eigenvalue weighted by Gasteiger charge is -2.21. The van der Waals surface area contributed by atoms with Crippen LogP contribution in [0.25, 0.3) is 0 Å². The highest BCUT2D eigenvalue weighted by Crippen LogP contribution is 2.38. The summed E-state index contributed by atoms with van der Waals surface area (Å²) in [6.07, 6.45) is 2.27. The summed E-state index contributed by atoms with van der Waals surface area (Å²) >= 11 is 12.4. The monoisotopic (exact) mass is 350 g/mol. The fourth-order valence-corrected chi connectivity index (χ4v) is 3.39. The van der Waals surface area contributed by atoms with E-state index in [2.05, 4.69) is 5.10 Å². The fraction of sp³-hybridized carbons (Fsp3) is 0.294. The highest BCUT2D eigenvalue weighted by atomic mass is 35.5. The number of amides is 1. The van der Waals surface area contributed by atoms with Crippen molar-refractivity contribution in [3.8, 4) is 0 Å². The Morgan fingerprint density at radius 1 is 1.35 bits per heavy atom. The minimum absolute atomic E-state index is 0.139. The van der Waals surface area contributed by atoms with E-state index in [1.807, 2.05) is 13.8 Å². The van der Waals surface area contributed by atoms with Gasteiger partial charge < -0.3 is 4.42 Å². The first-order chi connectivity index (χ1) is 10.9. The van der Waals surface area contributed by atoms with E-state index < -0.39 is 0 Å². The average molecular weight is 351 g/mol. The predicted octanol–water partition coefficient (Wildman–Crippen LogP) is 4.90. The molecule has 120 valence electrons. The Hall–Kier alpha value is -1.78. The van der Waals surface area contributed by atoms with E-state index in [9.17, 15) is 4.79 Å². The molecule has 0 unspecified atom stereocenters. The normalized spacial score (nSPS) is 17.5. The minimum Gasteiger partial charge on any atom is -0.469 e. The van der Waals surface area contributed by atoms with Crippen LogP contribution < -0.4 is 0 Å². The van der Waals surface area contributed by atoms with Gasteiger partial charge in [0.05, 0.1) is 18.0 Å². The maximum atomic E-state index is 12.0. The van der Waals surface area contributed by atoms with Gasteiger partial charge >= 0.3 is 0 Å². The van der Waals surface area contributed by atoms with Gasteiger partial charge in [-0.1, -0.05) is 23.2 Å². The van der Waals surface area contributed by atoms with E-state index in [0.717, 1.165) is 28.2 Å². The summed E-state index contributed by atoms with van der Waals surface area (Å²) in [5.41, 5.74) is 3.58. The Labute approximate surface area is 144 Å². The third-order valence-corrected chi connectivity index (χ3v) is 4.58. The second-order valence-electron chi connectivity index (χ2n) is 5.65. The van der Waals surface area contributed by atoms with Crippen molar-refractivity contribution in [1.82, 2.24) is 5.01 Å². The third-order valence-electron chi connectivity index (χ3n) is 4.00. The molecule has 0 radical (unpaired) electrons. The van der Waals surface area contributed by atoms with Crippen LogP contribution in [0.5, 0.6) is 0 Å². The second kappa shape index (κ2) is 6.02. The van der Waals surface area contributed by atoms with Crippen molar-refractivity contribution in [2.24, 2.45) is 5.10 Å². The zero-order valence-corrected chi connectivity index (χ0v) is 14.6. The van der Waals surface area contributed by atoms with Crippen molar-refractivity contribution in [3.63, 3.8) is 0 Å². The smallest absolute Gasteiger partial charge is 0.240 e.